The standard InChI is InChI=1S/C15H13ClN4/c1-8-4-3-5-9(2)12(8)14-13-10(18-15(17)20-14)6-7-11(16)19-13/h3-7H,1-2H3,(H2,17,18,20). The summed E-state index contributed by atoms with van der Waals surface area (Å²) in [6.07, 6.45) is 0. The number of benzene rings is 1. The van der Waals surface area contributed by atoms with Crippen LogP contribution >= 0.6 is 11.6 Å². The van der Waals surface area contributed by atoms with E-state index in [1.54, 1.807) is 12.1 Å². The molecule has 0 amide bonds. The average molecular weight is 285 g/mol. The second-order valence-electron chi connectivity index (χ2n) is 4.70. The summed E-state index contributed by atoms with van der Waals surface area (Å²) in [5.74, 6) is 0.235. The zero-order valence-corrected chi connectivity index (χ0v) is 11.9. The second kappa shape index (κ2) is 4.72. The van der Waals surface area contributed by atoms with Crippen LogP contribution in [0.4, 0.5) is 5.95 Å². The number of halogens is 1. The van der Waals surface area contributed by atoms with E-state index < -0.39 is 0 Å². The highest BCUT2D eigenvalue weighted by molar-refractivity contribution is 6.29. The molecule has 0 atom stereocenters. The van der Waals surface area contributed by atoms with Crippen LogP contribution in [-0.4, -0.2) is 15.0 Å². The predicted molar refractivity (Wildman–Crippen MR) is 81.7 cm³/mol. The number of fused-ring (bicyclic) bond motifs is 1. The second-order valence-corrected chi connectivity index (χ2v) is 5.09. The molecule has 0 fully saturated rings. The Balaban J connectivity index is 2.44. The lowest BCUT2D eigenvalue weighted by atomic mass is 9.99. The predicted octanol–water partition coefficient (Wildman–Crippen LogP) is 3.54. The maximum Gasteiger partial charge on any atom is 0.221 e. The van der Waals surface area contributed by atoms with Gasteiger partial charge in [-0.05, 0) is 37.1 Å². The van der Waals surface area contributed by atoms with E-state index in [0.29, 0.717) is 16.2 Å². The summed E-state index contributed by atoms with van der Waals surface area (Å²) in [7, 11) is 0. The number of rotatable bonds is 1. The van der Waals surface area contributed by atoms with Gasteiger partial charge in [-0.15, -0.1) is 0 Å². The van der Waals surface area contributed by atoms with Crippen LogP contribution < -0.4 is 5.73 Å². The number of anilines is 1. The Morgan fingerprint density at radius 3 is 2.35 bits per heavy atom. The number of pyridine rings is 1. The fourth-order valence-electron chi connectivity index (χ4n) is 2.37. The van der Waals surface area contributed by atoms with Crippen molar-refractivity contribution in [2.75, 3.05) is 5.73 Å². The number of hydrogen-bond donors (Lipinski definition) is 1. The van der Waals surface area contributed by atoms with Crippen LogP contribution in [0.1, 0.15) is 11.1 Å². The van der Waals surface area contributed by atoms with E-state index in [1.165, 1.54) is 0 Å². The molecule has 0 saturated carbocycles. The van der Waals surface area contributed by atoms with Crippen LogP contribution in [0.25, 0.3) is 22.3 Å². The van der Waals surface area contributed by atoms with E-state index in [0.717, 1.165) is 22.4 Å². The molecule has 2 N–H and O–H groups in total. The Kier molecular flexibility index (Phi) is 3.03. The summed E-state index contributed by atoms with van der Waals surface area (Å²) in [5, 5.41) is 0.415. The molecule has 0 spiro atoms. The zero-order chi connectivity index (χ0) is 14.3. The highest BCUT2D eigenvalue weighted by Crippen LogP contribution is 2.31. The molecule has 0 unspecified atom stereocenters. The monoisotopic (exact) mass is 284 g/mol. The Morgan fingerprint density at radius 1 is 0.950 bits per heavy atom. The molecule has 0 aliphatic heterocycles. The Hall–Kier alpha value is -2.20. The van der Waals surface area contributed by atoms with Gasteiger partial charge in [-0.1, -0.05) is 29.8 Å². The summed E-state index contributed by atoms with van der Waals surface area (Å²) in [6.45, 7) is 4.08. The third-order valence-corrected chi connectivity index (χ3v) is 3.45. The van der Waals surface area contributed by atoms with Crippen molar-refractivity contribution in [3.63, 3.8) is 0 Å². The maximum atomic E-state index is 6.00. The molecule has 20 heavy (non-hydrogen) atoms. The highest BCUT2D eigenvalue weighted by Gasteiger charge is 2.14. The molecule has 0 bridgehead atoms. The molecule has 4 nitrogen and oxygen atoms in total. The van der Waals surface area contributed by atoms with Gasteiger partial charge in [-0.2, -0.15) is 0 Å². The smallest absolute Gasteiger partial charge is 0.221 e. The Labute approximate surface area is 121 Å². The molecule has 3 aromatic rings. The highest BCUT2D eigenvalue weighted by atomic mass is 35.5. The molecule has 1 aromatic carbocycles. The van der Waals surface area contributed by atoms with E-state index in [9.17, 15) is 0 Å². The number of nitrogen functional groups attached to an aromatic ring is 1. The van der Waals surface area contributed by atoms with Gasteiger partial charge in [0.15, 0.2) is 0 Å². The van der Waals surface area contributed by atoms with Gasteiger partial charge in [0.05, 0.1) is 5.52 Å². The molecular formula is C15H13ClN4. The molecule has 100 valence electrons. The largest absolute Gasteiger partial charge is 0.368 e. The minimum absolute atomic E-state index is 0.235. The molecule has 5 heteroatoms. The fraction of sp³-hybridized carbons (Fsp3) is 0.133. The fourth-order valence-corrected chi connectivity index (χ4v) is 2.52. The molecule has 0 saturated heterocycles. The number of hydrogen-bond acceptors (Lipinski definition) is 4. The Morgan fingerprint density at radius 2 is 1.65 bits per heavy atom. The van der Waals surface area contributed by atoms with Gasteiger partial charge in [0.1, 0.15) is 16.4 Å². The van der Waals surface area contributed by atoms with Gasteiger partial charge in [-0.3, -0.25) is 0 Å². The van der Waals surface area contributed by atoms with Crippen molar-refractivity contribution in [2.24, 2.45) is 0 Å². The summed E-state index contributed by atoms with van der Waals surface area (Å²) in [4.78, 5) is 12.9. The van der Waals surface area contributed by atoms with Crippen molar-refractivity contribution < 1.29 is 0 Å². The Bertz CT molecular complexity index is 794. The number of aryl methyl sites for hydroxylation is 2. The van der Waals surface area contributed by atoms with Crippen molar-refractivity contribution >= 4 is 28.6 Å². The van der Waals surface area contributed by atoms with Crippen molar-refractivity contribution in [1.82, 2.24) is 15.0 Å². The first kappa shape index (κ1) is 12.8. The first-order chi connectivity index (χ1) is 9.56. The topological polar surface area (TPSA) is 64.7 Å². The lowest BCUT2D eigenvalue weighted by Gasteiger charge is -2.11. The number of nitrogens with zero attached hydrogens (tertiary/aromatic N) is 3. The molecule has 0 radical (unpaired) electrons. The van der Waals surface area contributed by atoms with Crippen molar-refractivity contribution in [3.8, 4) is 11.3 Å². The van der Waals surface area contributed by atoms with Gasteiger partial charge in [0.25, 0.3) is 0 Å². The van der Waals surface area contributed by atoms with Gasteiger partial charge < -0.3 is 5.73 Å². The molecule has 3 rings (SSSR count). The summed E-state index contributed by atoms with van der Waals surface area (Å²) >= 11 is 6.00. The lowest BCUT2D eigenvalue weighted by Crippen LogP contribution is -2.01. The molecule has 0 aliphatic carbocycles. The van der Waals surface area contributed by atoms with Crippen LogP contribution in [0, 0.1) is 13.8 Å². The minimum Gasteiger partial charge on any atom is -0.368 e. The van der Waals surface area contributed by atoms with Crippen molar-refractivity contribution in [3.05, 3.63) is 46.6 Å². The van der Waals surface area contributed by atoms with Gasteiger partial charge in [0.2, 0.25) is 5.95 Å². The number of nitrogens with two attached hydrogens (primary N) is 1. The molecule has 2 aromatic heterocycles. The maximum absolute atomic E-state index is 6.00. The first-order valence-electron chi connectivity index (χ1n) is 6.22. The lowest BCUT2D eigenvalue weighted by molar-refractivity contribution is 1.20. The van der Waals surface area contributed by atoms with Crippen LogP contribution in [-0.2, 0) is 0 Å². The van der Waals surface area contributed by atoms with E-state index >= 15 is 0 Å². The van der Waals surface area contributed by atoms with E-state index in [1.807, 2.05) is 32.0 Å². The van der Waals surface area contributed by atoms with Crippen LogP contribution in [0.5, 0.6) is 0 Å². The van der Waals surface area contributed by atoms with Crippen LogP contribution in [0.3, 0.4) is 0 Å². The summed E-state index contributed by atoms with van der Waals surface area (Å²) in [5.41, 5.74) is 11.2. The third kappa shape index (κ3) is 2.08. The molecule has 0 aliphatic rings. The van der Waals surface area contributed by atoms with Gasteiger partial charge >= 0.3 is 0 Å². The third-order valence-electron chi connectivity index (χ3n) is 3.24. The SMILES string of the molecule is Cc1cccc(C)c1-c1nc(N)nc2ccc(Cl)nc12. The average Bonchev–Trinajstić information content (AvgIpc) is 2.39. The van der Waals surface area contributed by atoms with Crippen molar-refractivity contribution in [1.29, 1.82) is 0 Å². The quantitative estimate of drug-likeness (QED) is 0.694. The normalized spacial score (nSPS) is 10.9. The van der Waals surface area contributed by atoms with E-state index in [4.69, 9.17) is 17.3 Å². The molecule has 2 heterocycles. The molecular weight excluding hydrogens is 272 g/mol. The van der Waals surface area contributed by atoms with Gasteiger partial charge in [-0.25, -0.2) is 15.0 Å². The van der Waals surface area contributed by atoms with Gasteiger partial charge in [0, 0.05) is 5.56 Å². The van der Waals surface area contributed by atoms with Crippen molar-refractivity contribution in [2.45, 2.75) is 13.8 Å². The number of aromatic nitrogens is 3. The summed E-state index contributed by atoms with van der Waals surface area (Å²) in [6, 6.07) is 9.60. The first-order valence-corrected chi connectivity index (χ1v) is 6.60. The summed E-state index contributed by atoms with van der Waals surface area (Å²) < 4.78 is 0. The van der Waals surface area contributed by atoms with E-state index in [2.05, 4.69) is 15.0 Å². The van der Waals surface area contributed by atoms with E-state index in [-0.39, 0.29) is 5.95 Å². The minimum atomic E-state index is 0.235. The van der Waals surface area contributed by atoms with Crippen LogP contribution in [0.2, 0.25) is 5.15 Å². The zero-order valence-electron chi connectivity index (χ0n) is 11.2. The van der Waals surface area contributed by atoms with Crippen LogP contribution in [0.15, 0.2) is 30.3 Å².